The number of benzene rings is 2. The Kier molecular flexibility index (Phi) is 7.54. The average molecular weight is 558 g/mol. The topological polar surface area (TPSA) is 110 Å². The molecule has 0 radical (unpaired) electrons. The molecule has 0 saturated heterocycles. The largest absolute Gasteiger partial charge is 0.494 e. The molecule has 3 aliphatic rings. The van der Waals surface area contributed by atoms with E-state index in [0.717, 1.165) is 25.7 Å². The van der Waals surface area contributed by atoms with Gasteiger partial charge in [0, 0.05) is 17.4 Å². The normalized spacial score (nSPS) is 25.6. The maximum absolute atomic E-state index is 13.4. The lowest BCUT2D eigenvalue weighted by Crippen LogP contribution is -2.46. The van der Waals surface area contributed by atoms with Gasteiger partial charge < -0.3 is 9.84 Å². The molecular weight excluding hydrogens is 518 g/mol. The molecule has 3 atom stereocenters. The summed E-state index contributed by atoms with van der Waals surface area (Å²) in [5, 5.41) is 13.0. The van der Waals surface area contributed by atoms with E-state index in [2.05, 4.69) is 6.92 Å². The molecule has 2 fully saturated rings. The Hall–Kier alpha value is -2.49. The first kappa shape index (κ1) is 28.1. The molecule has 1 N–H and O–H groups in total. The number of nitrogens with zero attached hydrogens (tertiary/aromatic N) is 1. The highest BCUT2D eigenvalue weighted by atomic mass is 32.2. The van der Waals surface area contributed by atoms with Crippen LogP contribution in [0.1, 0.15) is 101 Å². The second-order valence-corrected chi connectivity index (χ2v) is 13.5. The first-order chi connectivity index (χ1) is 18.5. The van der Waals surface area contributed by atoms with Crippen molar-refractivity contribution in [3.63, 3.8) is 0 Å². The van der Waals surface area contributed by atoms with Crippen LogP contribution in [0.5, 0.6) is 5.75 Å². The van der Waals surface area contributed by atoms with Crippen LogP contribution in [-0.4, -0.2) is 42.6 Å². The van der Waals surface area contributed by atoms with E-state index in [4.69, 9.17) is 9.02 Å². The summed E-state index contributed by atoms with van der Waals surface area (Å²) in [4.78, 5) is 26.3. The standard InChI is InChI=1S/C30H39NO7S/c1-4-5-6-7-8-9-15-37-22-16-20-11-10-12-23-26(20)24(18-22)28(34)31(27(23)33)38-39(35,36)19-30-14-13-21(17-25(30)32)29(30,2)3/h10-12,16,18,21,28,34H,4-9,13-15,17,19H2,1-3H3. The maximum atomic E-state index is 13.4. The van der Waals surface area contributed by atoms with Crippen LogP contribution in [0, 0.1) is 16.7 Å². The summed E-state index contributed by atoms with van der Waals surface area (Å²) < 4.78 is 38.0. The molecule has 0 aromatic heterocycles. The Labute approximate surface area is 230 Å². The average Bonchev–Trinajstić information content (AvgIpc) is 3.23. The molecule has 1 aliphatic heterocycles. The lowest BCUT2D eigenvalue weighted by Gasteiger charge is -2.37. The number of hydrogen-bond donors (Lipinski definition) is 1. The Bertz CT molecular complexity index is 1390. The lowest BCUT2D eigenvalue weighted by atomic mass is 9.70. The van der Waals surface area contributed by atoms with Crippen LogP contribution < -0.4 is 4.74 Å². The van der Waals surface area contributed by atoms with Gasteiger partial charge in [-0.1, -0.05) is 65.0 Å². The van der Waals surface area contributed by atoms with Crippen molar-refractivity contribution in [3.8, 4) is 5.75 Å². The van der Waals surface area contributed by atoms with E-state index in [1.165, 1.54) is 19.3 Å². The number of hydroxylamine groups is 2. The molecule has 2 aromatic carbocycles. The molecule has 1 heterocycles. The molecule has 8 nitrogen and oxygen atoms in total. The van der Waals surface area contributed by atoms with Crippen molar-refractivity contribution < 1.29 is 32.1 Å². The molecule has 2 saturated carbocycles. The van der Waals surface area contributed by atoms with Crippen LogP contribution >= 0.6 is 0 Å². The summed E-state index contributed by atoms with van der Waals surface area (Å²) in [6.07, 6.45) is 6.77. The number of carbonyl (C=O) groups is 2. The number of ketones is 1. The fraction of sp³-hybridized carbons (Fsp3) is 0.600. The Morgan fingerprint density at radius 1 is 1.08 bits per heavy atom. The minimum absolute atomic E-state index is 0.0660. The van der Waals surface area contributed by atoms with Crippen LogP contribution in [0.25, 0.3) is 10.8 Å². The van der Waals surface area contributed by atoms with Gasteiger partial charge in [-0.15, -0.1) is 4.28 Å². The van der Waals surface area contributed by atoms with E-state index in [-0.39, 0.29) is 17.3 Å². The minimum Gasteiger partial charge on any atom is -0.494 e. The van der Waals surface area contributed by atoms with Gasteiger partial charge >= 0.3 is 0 Å². The van der Waals surface area contributed by atoms with Gasteiger partial charge in [-0.25, -0.2) is 0 Å². The summed E-state index contributed by atoms with van der Waals surface area (Å²) in [6.45, 7) is 6.59. The number of rotatable bonds is 12. The van der Waals surface area contributed by atoms with Crippen LogP contribution in [0.2, 0.25) is 0 Å². The first-order valence-corrected chi connectivity index (χ1v) is 15.7. The van der Waals surface area contributed by atoms with Crippen LogP contribution in [-0.2, 0) is 19.2 Å². The number of Topliss-reactive ketones (excluding diaryl/α,β-unsaturated/α-hetero) is 1. The highest BCUT2D eigenvalue weighted by Gasteiger charge is 2.65. The third kappa shape index (κ3) is 4.87. The molecule has 212 valence electrons. The van der Waals surface area contributed by atoms with Crippen molar-refractivity contribution in [1.29, 1.82) is 0 Å². The van der Waals surface area contributed by atoms with E-state index in [1.807, 2.05) is 26.0 Å². The molecule has 0 spiro atoms. The van der Waals surface area contributed by atoms with E-state index in [1.54, 1.807) is 18.2 Å². The molecule has 3 unspecified atom stereocenters. The molecule has 39 heavy (non-hydrogen) atoms. The molecule has 1 amide bonds. The van der Waals surface area contributed by atoms with Crippen molar-refractivity contribution in [1.82, 2.24) is 5.06 Å². The van der Waals surface area contributed by atoms with Crippen molar-refractivity contribution in [3.05, 3.63) is 41.5 Å². The van der Waals surface area contributed by atoms with Crippen LogP contribution in [0.4, 0.5) is 0 Å². The fourth-order valence-corrected chi connectivity index (χ4v) is 8.69. The Balaban J connectivity index is 1.36. The molecular formula is C30H39NO7S. The van der Waals surface area contributed by atoms with Gasteiger partial charge in [0.1, 0.15) is 11.5 Å². The van der Waals surface area contributed by atoms with Gasteiger partial charge in [0.2, 0.25) is 0 Å². The zero-order valence-corrected chi connectivity index (χ0v) is 23.9. The van der Waals surface area contributed by atoms with E-state index < -0.39 is 38.8 Å². The number of fused-ring (bicyclic) bond motifs is 2. The Morgan fingerprint density at radius 2 is 1.82 bits per heavy atom. The van der Waals surface area contributed by atoms with Crippen molar-refractivity contribution in [2.24, 2.45) is 16.7 Å². The number of amides is 1. The summed E-state index contributed by atoms with van der Waals surface area (Å²) in [6, 6.07) is 8.60. The number of carbonyl (C=O) groups excluding carboxylic acids is 2. The summed E-state index contributed by atoms with van der Waals surface area (Å²) >= 11 is 0. The van der Waals surface area contributed by atoms with Gasteiger partial charge in [-0.05, 0) is 54.2 Å². The number of unbranched alkanes of at least 4 members (excludes halogenated alkanes) is 5. The summed E-state index contributed by atoms with van der Waals surface area (Å²) in [7, 11) is -4.39. The van der Waals surface area contributed by atoms with Gasteiger partial charge in [0.25, 0.3) is 16.0 Å². The van der Waals surface area contributed by atoms with E-state index >= 15 is 0 Å². The molecule has 2 aliphatic carbocycles. The molecule has 9 heteroatoms. The van der Waals surface area contributed by atoms with E-state index in [9.17, 15) is 23.1 Å². The van der Waals surface area contributed by atoms with Gasteiger partial charge in [-0.2, -0.15) is 13.5 Å². The quantitative estimate of drug-likeness (QED) is 0.334. The van der Waals surface area contributed by atoms with Gasteiger partial charge in [0.15, 0.2) is 6.23 Å². The van der Waals surface area contributed by atoms with Crippen molar-refractivity contribution >= 4 is 32.6 Å². The third-order valence-corrected chi connectivity index (χ3v) is 10.7. The van der Waals surface area contributed by atoms with Crippen molar-refractivity contribution in [2.45, 2.75) is 84.8 Å². The Morgan fingerprint density at radius 3 is 2.51 bits per heavy atom. The molecule has 2 aromatic rings. The zero-order valence-electron chi connectivity index (χ0n) is 23.1. The second-order valence-electron chi connectivity index (χ2n) is 12.0. The monoisotopic (exact) mass is 557 g/mol. The third-order valence-electron chi connectivity index (χ3n) is 9.43. The molecule has 2 bridgehead atoms. The number of aliphatic hydroxyl groups excluding tert-OH is 1. The zero-order chi connectivity index (χ0) is 28.0. The first-order valence-electron chi connectivity index (χ1n) is 14.2. The predicted octanol–water partition coefficient (Wildman–Crippen LogP) is 5.68. The number of hydrogen-bond acceptors (Lipinski definition) is 7. The molecule has 5 rings (SSSR count). The summed E-state index contributed by atoms with van der Waals surface area (Å²) in [5.41, 5.74) is -0.949. The van der Waals surface area contributed by atoms with Crippen LogP contribution in [0.3, 0.4) is 0 Å². The highest BCUT2D eigenvalue weighted by molar-refractivity contribution is 7.86. The smallest absolute Gasteiger partial charge is 0.289 e. The van der Waals surface area contributed by atoms with Gasteiger partial charge in [0.05, 0.1) is 23.3 Å². The lowest BCUT2D eigenvalue weighted by molar-refractivity contribution is -0.137. The maximum Gasteiger partial charge on any atom is 0.289 e. The summed E-state index contributed by atoms with van der Waals surface area (Å²) in [5.74, 6) is -0.653. The van der Waals surface area contributed by atoms with Crippen LogP contribution in [0.15, 0.2) is 30.3 Å². The van der Waals surface area contributed by atoms with Gasteiger partial charge in [-0.3, -0.25) is 9.59 Å². The fourth-order valence-electron chi connectivity index (χ4n) is 6.96. The minimum atomic E-state index is -4.39. The second kappa shape index (κ2) is 10.5. The number of ether oxygens (including phenoxy) is 1. The van der Waals surface area contributed by atoms with Crippen molar-refractivity contribution in [2.75, 3.05) is 12.4 Å². The number of aliphatic hydroxyl groups is 1. The highest BCUT2D eigenvalue weighted by Crippen LogP contribution is 2.64. The van der Waals surface area contributed by atoms with E-state index in [0.29, 0.717) is 46.6 Å². The SMILES string of the molecule is CCCCCCCCOc1cc2c3c(cccc3c1)C(=O)N(OS(=O)(=O)CC13CCC(CC1=O)C3(C)C)C2O. The predicted molar refractivity (Wildman–Crippen MR) is 147 cm³/mol.